The Morgan fingerprint density at radius 2 is 2.04 bits per heavy atom. The maximum absolute atomic E-state index is 12.1. The van der Waals surface area contributed by atoms with Crippen LogP contribution in [-0.4, -0.2) is 53.5 Å². The van der Waals surface area contributed by atoms with Crippen molar-refractivity contribution in [1.82, 2.24) is 14.9 Å². The number of nitrogens with one attached hydrogen (secondary N) is 1. The standard InChI is InChI=1S/C15H16N6OS/c16-10-12-2-9-23-14(12)19-13(22)11-20-5-7-21(8-6-20)15-17-3-1-4-18-15/h1-4,9H,5-8,11H2,(H,19,22). The van der Waals surface area contributed by atoms with Gasteiger partial charge in [-0.1, -0.05) is 0 Å². The SMILES string of the molecule is N#Cc1ccsc1NC(=O)CN1CCN(c2ncccn2)CC1. The maximum Gasteiger partial charge on any atom is 0.239 e. The summed E-state index contributed by atoms with van der Waals surface area (Å²) in [4.78, 5) is 24.8. The largest absolute Gasteiger partial charge is 0.338 e. The van der Waals surface area contributed by atoms with Gasteiger partial charge in [0.25, 0.3) is 0 Å². The number of anilines is 2. The van der Waals surface area contributed by atoms with Gasteiger partial charge in [-0.3, -0.25) is 9.69 Å². The molecule has 7 nitrogen and oxygen atoms in total. The average Bonchev–Trinajstić information content (AvgIpc) is 3.03. The molecule has 2 aromatic heterocycles. The van der Waals surface area contributed by atoms with Gasteiger partial charge in [0.15, 0.2) is 0 Å². The van der Waals surface area contributed by atoms with Crippen LogP contribution in [-0.2, 0) is 4.79 Å². The van der Waals surface area contributed by atoms with E-state index in [-0.39, 0.29) is 5.91 Å². The Morgan fingerprint density at radius 1 is 1.30 bits per heavy atom. The molecule has 0 bridgehead atoms. The van der Waals surface area contributed by atoms with Crippen LogP contribution in [0.25, 0.3) is 0 Å². The van der Waals surface area contributed by atoms with Crippen LogP contribution in [0, 0.1) is 11.3 Å². The summed E-state index contributed by atoms with van der Waals surface area (Å²) in [5, 5.41) is 14.2. The molecule has 1 aliphatic heterocycles. The third kappa shape index (κ3) is 3.83. The molecule has 23 heavy (non-hydrogen) atoms. The Kier molecular flexibility index (Phi) is 4.80. The molecule has 0 aliphatic carbocycles. The van der Waals surface area contributed by atoms with Crippen LogP contribution in [0.2, 0.25) is 0 Å². The van der Waals surface area contributed by atoms with Crippen molar-refractivity contribution >= 4 is 28.2 Å². The fraction of sp³-hybridized carbons (Fsp3) is 0.333. The summed E-state index contributed by atoms with van der Waals surface area (Å²) in [6.07, 6.45) is 3.46. The minimum atomic E-state index is -0.0895. The average molecular weight is 328 g/mol. The van der Waals surface area contributed by atoms with Gasteiger partial charge in [-0.15, -0.1) is 11.3 Å². The van der Waals surface area contributed by atoms with Crippen molar-refractivity contribution in [2.24, 2.45) is 0 Å². The molecular formula is C15H16N6OS. The lowest BCUT2D eigenvalue weighted by molar-refractivity contribution is -0.117. The number of piperazine rings is 1. The first-order chi connectivity index (χ1) is 11.3. The second-order valence-electron chi connectivity index (χ2n) is 5.14. The third-order valence-electron chi connectivity index (χ3n) is 3.61. The molecular weight excluding hydrogens is 312 g/mol. The molecule has 0 atom stereocenters. The van der Waals surface area contributed by atoms with Gasteiger partial charge in [-0.2, -0.15) is 5.26 Å². The van der Waals surface area contributed by atoms with Gasteiger partial charge < -0.3 is 10.2 Å². The van der Waals surface area contributed by atoms with Crippen LogP contribution in [0.3, 0.4) is 0 Å². The van der Waals surface area contributed by atoms with Gasteiger partial charge in [0.1, 0.15) is 11.1 Å². The number of carbonyl (C=O) groups excluding carboxylic acids is 1. The lowest BCUT2D eigenvalue weighted by atomic mass is 10.3. The van der Waals surface area contributed by atoms with Crippen LogP contribution in [0.5, 0.6) is 0 Å². The van der Waals surface area contributed by atoms with Gasteiger partial charge in [0.2, 0.25) is 11.9 Å². The number of carbonyl (C=O) groups is 1. The molecule has 1 aliphatic rings. The number of thiophene rings is 1. The lowest BCUT2D eigenvalue weighted by Gasteiger charge is -2.34. The zero-order valence-electron chi connectivity index (χ0n) is 12.5. The fourth-order valence-corrected chi connectivity index (χ4v) is 3.18. The highest BCUT2D eigenvalue weighted by Gasteiger charge is 2.20. The zero-order chi connectivity index (χ0) is 16.1. The van der Waals surface area contributed by atoms with Gasteiger partial charge >= 0.3 is 0 Å². The van der Waals surface area contributed by atoms with Crippen molar-refractivity contribution in [2.75, 3.05) is 42.9 Å². The first-order valence-electron chi connectivity index (χ1n) is 7.28. The molecule has 118 valence electrons. The Hall–Kier alpha value is -2.50. The first kappa shape index (κ1) is 15.4. The van der Waals surface area contributed by atoms with E-state index in [9.17, 15) is 4.79 Å². The van der Waals surface area contributed by atoms with Crippen LogP contribution in [0.15, 0.2) is 29.9 Å². The van der Waals surface area contributed by atoms with Crippen molar-refractivity contribution < 1.29 is 4.79 Å². The first-order valence-corrected chi connectivity index (χ1v) is 8.16. The van der Waals surface area contributed by atoms with Crippen molar-refractivity contribution in [3.63, 3.8) is 0 Å². The quantitative estimate of drug-likeness (QED) is 0.907. The summed E-state index contributed by atoms with van der Waals surface area (Å²) < 4.78 is 0. The van der Waals surface area contributed by atoms with Gasteiger partial charge in [-0.25, -0.2) is 9.97 Å². The van der Waals surface area contributed by atoms with E-state index in [2.05, 4.69) is 31.2 Å². The molecule has 8 heteroatoms. The van der Waals surface area contributed by atoms with Crippen molar-refractivity contribution in [3.8, 4) is 6.07 Å². The maximum atomic E-state index is 12.1. The second-order valence-corrected chi connectivity index (χ2v) is 6.05. The molecule has 0 radical (unpaired) electrons. The fourth-order valence-electron chi connectivity index (χ4n) is 2.42. The summed E-state index contributed by atoms with van der Waals surface area (Å²) in [5.41, 5.74) is 0.509. The topological polar surface area (TPSA) is 85.2 Å². The lowest BCUT2D eigenvalue weighted by Crippen LogP contribution is -2.49. The number of hydrogen-bond donors (Lipinski definition) is 1. The molecule has 2 aromatic rings. The molecule has 3 heterocycles. The molecule has 3 rings (SSSR count). The van der Waals surface area contributed by atoms with Crippen LogP contribution in [0.1, 0.15) is 5.56 Å². The monoisotopic (exact) mass is 328 g/mol. The predicted molar refractivity (Wildman–Crippen MR) is 88.3 cm³/mol. The minimum absolute atomic E-state index is 0.0895. The highest BCUT2D eigenvalue weighted by atomic mass is 32.1. The molecule has 0 aromatic carbocycles. The molecule has 0 unspecified atom stereocenters. The van der Waals surface area contributed by atoms with Crippen molar-refractivity contribution in [3.05, 3.63) is 35.5 Å². The van der Waals surface area contributed by atoms with E-state index in [0.29, 0.717) is 17.1 Å². The number of nitriles is 1. The third-order valence-corrected chi connectivity index (χ3v) is 4.44. The Labute approximate surface area is 138 Å². The van der Waals surface area contributed by atoms with Gasteiger partial charge in [-0.05, 0) is 17.5 Å². The van der Waals surface area contributed by atoms with E-state index >= 15 is 0 Å². The van der Waals surface area contributed by atoms with E-state index in [1.54, 1.807) is 29.9 Å². The van der Waals surface area contributed by atoms with E-state index in [1.165, 1.54) is 11.3 Å². The summed E-state index contributed by atoms with van der Waals surface area (Å²) in [6, 6.07) is 5.57. The van der Waals surface area contributed by atoms with Gasteiger partial charge in [0, 0.05) is 38.6 Å². The molecule has 0 saturated carbocycles. The van der Waals surface area contributed by atoms with E-state index in [4.69, 9.17) is 5.26 Å². The second kappa shape index (κ2) is 7.17. The zero-order valence-corrected chi connectivity index (χ0v) is 13.3. The molecule has 1 N–H and O–H groups in total. The highest BCUT2D eigenvalue weighted by Crippen LogP contribution is 2.22. The number of amides is 1. The summed E-state index contributed by atoms with van der Waals surface area (Å²) >= 11 is 1.36. The number of nitrogens with zero attached hydrogens (tertiary/aromatic N) is 5. The predicted octanol–water partition coefficient (Wildman–Crippen LogP) is 1.17. The number of aromatic nitrogens is 2. The highest BCUT2D eigenvalue weighted by molar-refractivity contribution is 7.14. The molecule has 1 fully saturated rings. The van der Waals surface area contributed by atoms with Crippen molar-refractivity contribution in [1.29, 1.82) is 5.26 Å². The summed E-state index contributed by atoms with van der Waals surface area (Å²) in [7, 11) is 0. The van der Waals surface area contributed by atoms with E-state index < -0.39 is 0 Å². The molecule has 1 amide bonds. The van der Waals surface area contributed by atoms with E-state index in [0.717, 1.165) is 32.1 Å². The number of rotatable bonds is 4. The van der Waals surface area contributed by atoms with Crippen LogP contribution >= 0.6 is 11.3 Å². The van der Waals surface area contributed by atoms with Crippen LogP contribution < -0.4 is 10.2 Å². The van der Waals surface area contributed by atoms with E-state index in [1.807, 2.05) is 0 Å². The smallest absolute Gasteiger partial charge is 0.239 e. The minimum Gasteiger partial charge on any atom is -0.338 e. The van der Waals surface area contributed by atoms with Crippen molar-refractivity contribution in [2.45, 2.75) is 0 Å². The Bertz CT molecular complexity index is 702. The molecule has 0 spiro atoms. The Morgan fingerprint density at radius 3 is 2.74 bits per heavy atom. The Balaban J connectivity index is 1.49. The van der Waals surface area contributed by atoms with Crippen LogP contribution in [0.4, 0.5) is 10.9 Å². The molecule has 1 saturated heterocycles. The summed E-state index contributed by atoms with van der Waals surface area (Å²) in [6.45, 7) is 3.47. The number of hydrogen-bond acceptors (Lipinski definition) is 7. The van der Waals surface area contributed by atoms with Gasteiger partial charge in [0.05, 0.1) is 12.1 Å². The normalized spacial score (nSPS) is 15.2. The summed E-state index contributed by atoms with van der Waals surface area (Å²) in [5.74, 6) is 0.641.